The first-order chi connectivity index (χ1) is 21.2. The number of piperidine rings is 1. The molecule has 0 radical (unpaired) electrons. The van der Waals surface area contributed by atoms with Crippen LogP contribution < -0.4 is 4.74 Å². The summed E-state index contributed by atoms with van der Waals surface area (Å²) in [5.41, 5.74) is 6.49. The minimum absolute atomic E-state index is 0.0531. The Hall–Kier alpha value is -2.38. The number of hydrogen-bond acceptors (Lipinski definition) is 4. The number of nitrogens with zero attached hydrogens (tertiary/aromatic N) is 2. The highest BCUT2D eigenvalue weighted by Crippen LogP contribution is 2.36. The molecule has 0 bridgehead atoms. The number of benzene rings is 3. The van der Waals surface area contributed by atoms with Gasteiger partial charge >= 0.3 is 0 Å². The second-order valence-electron chi connectivity index (χ2n) is 12.4. The molecule has 44 heavy (non-hydrogen) atoms. The van der Waals surface area contributed by atoms with Crippen molar-refractivity contribution in [3.63, 3.8) is 0 Å². The first-order valence-electron chi connectivity index (χ1n) is 15.7. The number of likely N-dealkylation sites (N-methyl/N-ethyl adjacent to an activating group) is 1. The van der Waals surface area contributed by atoms with Gasteiger partial charge in [-0.1, -0.05) is 47.5 Å². The molecule has 1 fully saturated rings. The molecule has 1 aliphatic carbocycles. The summed E-state index contributed by atoms with van der Waals surface area (Å²) in [6.07, 6.45) is 8.92. The number of halogens is 2. The van der Waals surface area contributed by atoms with Gasteiger partial charge < -0.3 is 14.5 Å². The van der Waals surface area contributed by atoms with Crippen LogP contribution in [0.5, 0.6) is 5.75 Å². The van der Waals surface area contributed by atoms with Gasteiger partial charge in [-0.15, -0.1) is 0 Å². The minimum Gasteiger partial charge on any atom is -0.496 e. The zero-order chi connectivity index (χ0) is 31.4. The van der Waals surface area contributed by atoms with Crippen LogP contribution in [0.3, 0.4) is 0 Å². The molecule has 1 heterocycles. The maximum absolute atomic E-state index is 14.1. The van der Waals surface area contributed by atoms with Gasteiger partial charge in [-0.05, 0) is 124 Å². The SMILES string of the molecule is COc1cc2c(c(C(=O)N(C)C[C@@H](CCN3CCC(c4ccccc4[S@](C)=O)CC3)c3ccc(Cl)c(Cl)c3)c1C)CCCC2. The Morgan fingerprint density at radius 3 is 2.50 bits per heavy atom. The Kier molecular flexibility index (Phi) is 11.1. The molecule has 1 amide bonds. The van der Waals surface area contributed by atoms with Crippen LogP contribution in [0.2, 0.25) is 10.0 Å². The highest BCUT2D eigenvalue weighted by atomic mass is 35.5. The molecule has 1 aliphatic heterocycles. The predicted molar refractivity (Wildman–Crippen MR) is 182 cm³/mol. The smallest absolute Gasteiger partial charge is 0.254 e. The van der Waals surface area contributed by atoms with Gasteiger partial charge in [0.1, 0.15) is 5.75 Å². The van der Waals surface area contributed by atoms with E-state index in [4.69, 9.17) is 27.9 Å². The number of carbonyl (C=O) groups is 1. The lowest BCUT2D eigenvalue weighted by Gasteiger charge is -2.34. The van der Waals surface area contributed by atoms with E-state index in [0.717, 1.165) is 91.9 Å². The first kappa shape index (κ1) is 33.0. The van der Waals surface area contributed by atoms with Crippen LogP contribution >= 0.6 is 23.2 Å². The molecular weight excluding hydrogens is 611 g/mol. The largest absolute Gasteiger partial charge is 0.496 e. The molecule has 0 unspecified atom stereocenters. The van der Waals surface area contributed by atoms with Gasteiger partial charge in [0, 0.05) is 41.8 Å². The fraction of sp³-hybridized carbons (Fsp3) is 0.472. The lowest BCUT2D eigenvalue weighted by molar-refractivity contribution is 0.0779. The first-order valence-corrected chi connectivity index (χ1v) is 18.0. The van der Waals surface area contributed by atoms with E-state index >= 15 is 0 Å². The Labute approximate surface area is 275 Å². The van der Waals surface area contributed by atoms with E-state index < -0.39 is 10.8 Å². The summed E-state index contributed by atoms with van der Waals surface area (Å²) < 4.78 is 18.0. The number of fused-ring (bicyclic) bond motifs is 1. The zero-order valence-corrected chi connectivity index (χ0v) is 28.7. The van der Waals surface area contributed by atoms with Crippen molar-refractivity contribution in [2.45, 2.75) is 68.6 Å². The van der Waals surface area contributed by atoms with Gasteiger partial charge in [-0.2, -0.15) is 0 Å². The lowest BCUT2D eigenvalue weighted by atomic mass is 9.85. The molecule has 1 saturated heterocycles. The number of methoxy groups -OCH3 is 1. The maximum Gasteiger partial charge on any atom is 0.254 e. The summed E-state index contributed by atoms with van der Waals surface area (Å²) in [5.74, 6) is 1.37. The van der Waals surface area contributed by atoms with Crippen molar-refractivity contribution in [1.29, 1.82) is 0 Å². The van der Waals surface area contributed by atoms with Crippen molar-refractivity contribution >= 4 is 39.9 Å². The third kappa shape index (κ3) is 7.36. The highest BCUT2D eigenvalue weighted by molar-refractivity contribution is 7.84. The van der Waals surface area contributed by atoms with Crippen molar-refractivity contribution in [1.82, 2.24) is 9.80 Å². The molecule has 3 aromatic rings. The van der Waals surface area contributed by atoms with E-state index in [2.05, 4.69) is 23.1 Å². The van der Waals surface area contributed by atoms with E-state index in [1.165, 1.54) is 16.7 Å². The number of carbonyl (C=O) groups excluding carboxylic acids is 1. The maximum atomic E-state index is 14.1. The van der Waals surface area contributed by atoms with Gasteiger partial charge in [0.05, 0.1) is 28.0 Å². The fourth-order valence-corrected chi connectivity index (χ4v) is 8.25. The Bertz CT molecular complexity index is 1520. The molecule has 2 aliphatic rings. The third-order valence-corrected chi connectivity index (χ3v) is 11.3. The molecule has 0 aromatic heterocycles. The number of rotatable bonds is 10. The van der Waals surface area contributed by atoms with Crippen LogP contribution in [0.15, 0.2) is 53.4 Å². The van der Waals surface area contributed by atoms with E-state index in [-0.39, 0.29) is 11.8 Å². The number of likely N-dealkylation sites (tertiary alicyclic amines) is 1. The lowest BCUT2D eigenvalue weighted by Crippen LogP contribution is -2.37. The molecule has 3 aromatic carbocycles. The van der Waals surface area contributed by atoms with E-state index in [0.29, 0.717) is 22.5 Å². The van der Waals surface area contributed by atoms with Crippen LogP contribution in [0.1, 0.15) is 82.1 Å². The minimum atomic E-state index is -0.987. The molecule has 5 rings (SSSR count). The summed E-state index contributed by atoms with van der Waals surface area (Å²) in [6, 6.07) is 16.2. The molecule has 0 N–H and O–H groups in total. The van der Waals surface area contributed by atoms with E-state index in [1.54, 1.807) is 13.4 Å². The topological polar surface area (TPSA) is 49.9 Å². The molecule has 0 saturated carbocycles. The van der Waals surface area contributed by atoms with Crippen LogP contribution in [0.25, 0.3) is 0 Å². The predicted octanol–water partition coefficient (Wildman–Crippen LogP) is 8.05. The van der Waals surface area contributed by atoms with Gasteiger partial charge in [0.15, 0.2) is 0 Å². The van der Waals surface area contributed by atoms with Crippen LogP contribution in [-0.4, -0.2) is 66.5 Å². The summed E-state index contributed by atoms with van der Waals surface area (Å²) in [4.78, 5) is 19.5. The van der Waals surface area contributed by atoms with Crippen LogP contribution in [0, 0.1) is 6.92 Å². The Balaban J connectivity index is 1.31. The summed E-state index contributed by atoms with van der Waals surface area (Å²) in [6.45, 7) is 5.50. The molecule has 8 heteroatoms. The average Bonchev–Trinajstić information content (AvgIpc) is 3.04. The zero-order valence-electron chi connectivity index (χ0n) is 26.3. The molecule has 0 spiro atoms. The third-order valence-electron chi connectivity index (χ3n) is 9.60. The Morgan fingerprint density at radius 2 is 1.80 bits per heavy atom. The highest BCUT2D eigenvalue weighted by Gasteiger charge is 2.28. The standard InChI is InChI=1S/C36H44Cl2N2O3S/c1-24-33(43-3)22-27-9-5-6-11-30(27)35(24)36(41)39(2)23-28(26-13-14-31(37)32(38)21-26)17-20-40-18-15-25(16-19-40)29-10-7-8-12-34(29)44(4)42/h7-8,10,12-14,21-22,25,28H,5-6,9,11,15-20,23H2,1-4H3/t28-,44+/m1/s1. The Morgan fingerprint density at radius 1 is 1.07 bits per heavy atom. The average molecular weight is 656 g/mol. The van der Waals surface area contributed by atoms with E-state index in [1.807, 2.05) is 49.2 Å². The van der Waals surface area contributed by atoms with Crippen molar-refractivity contribution in [3.8, 4) is 5.75 Å². The number of ether oxygens (including phenoxy) is 1. The van der Waals surface area contributed by atoms with Gasteiger partial charge in [-0.3, -0.25) is 9.00 Å². The van der Waals surface area contributed by atoms with Crippen molar-refractivity contribution < 1.29 is 13.7 Å². The van der Waals surface area contributed by atoms with Gasteiger partial charge in [0.25, 0.3) is 5.91 Å². The van der Waals surface area contributed by atoms with E-state index in [9.17, 15) is 9.00 Å². The summed E-state index contributed by atoms with van der Waals surface area (Å²) in [5, 5.41) is 1.07. The monoisotopic (exact) mass is 654 g/mol. The number of amides is 1. The van der Waals surface area contributed by atoms with Crippen molar-refractivity contribution in [3.05, 3.63) is 92.0 Å². The number of hydrogen-bond donors (Lipinski definition) is 0. The van der Waals surface area contributed by atoms with Crippen LogP contribution in [-0.2, 0) is 23.6 Å². The normalized spacial score (nSPS) is 17.1. The fourth-order valence-electron chi connectivity index (χ4n) is 7.11. The second-order valence-corrected chi connectivity index (χ2v) is 14.5. The van der Waals surface area contributed by atoms with Gasteiger partial charge in [0.2, 0.25) is 0 Å². The molecular formula is C36H44Cl2N2O3S. The summed E-state index contributed by atoms with van der Waals surface area (Å²) in [7, 11) is 2.61. The van der Waals surface area contributed by atoms with Crippen molar-refractivity contribution in [2.24, 2.45) is 0 Å². The second kappa shape index (κ2) is 14.8. The number of aryl methyl sites for hydroxylation is 1. The molecule has 2 atom stereocenters. The quantitative estimate of drug-likeness (QED) is 0.222. The molecule has 5 nitrogen and oxygen atoms in total. The van der Waals surface area contributed by atoms with Crippen molar-refractivity contribution in [2.75, 3.05) is 46.6 Å². The summed E-state index contributed by atoms with van der Waals surface area (Å²) >= 11 is 12.8. The molecule has 236 valence electrons. The van der Waals surface area contributed by atoms with Gasteiger partial charge in [-0.25, -0.2) is 0 Å². The van der Waals surface area contributed by atoms with Crippen LogP contribution in [0.4, 0.5) is 0 Å².